The van der Waals surface area contributed by atoms with Crippen molar-refractivity contribution < 1.29 is 14.3 Å². The smallest absolute Gasteiger partial charge is 0.323 e. The highest BCUT2D eigenvalue weighted by Crippen LogP contribution is 2.43. The minimum atomic E-state index is -0.304. The molecule has 0 radical (unpaired) electrons. The van der Waals surface area contributed by atoms with Gasteiger partial charge in [-0.2, -0.15) is 5.21 Å². The third-order valence-electron chi connectivity index (χ3n) is 8.11. The number of nitrogens with zero attached hydrogens (tertiary/aromatic N) is 3. The van der Waals surface area contributed by atoms with E-state index in [-0.39, 0.29) is 12.1 Å². The van der Waals surface area contributed by atoms with Crippen molar-refractivity contribution >= 4 is 17.4 Å². The SMILES string of the molecule is O=C(Nc1ccc(C2CC2)cc1)Nc1cc(-c2ccccc2-c2nn[nH]n2)cc(CC2CC2)c1OC1CCOCC1. The summed E-state index contributed by atoms with van der Waals surface area (Å²) in [6.07, 6.45) is 7.50. The molecular weight excluding hydrogens is 516 g/mol. The predicted molar refractivity (Wildman–Crippen MR) is 157 cm³/mol. The van der Waals surface area contributed by atoms with Crippen LogP contribution < -0.4 is 15.4 Å². The van der Waals surface area contributed by atoms with Gasteiger partial charge in [-0.15, -0.1) is 10.2 Å². The van der Waals surface area contributed by atoms with E-state index in [9.17, 15) is 4.79 Å². The topological polar surface area (TPSA) is 114 Å². The number of hydrogen-bond acceptors (Lipinski definition) is 6. The molecule has 41 heavy (non-hydrogen) atoms. The maximum absolute atomic E-state index is 13.4. The summed E-state index contributed by atoms with van der Waals surface area (Å²) in [6.45, 7) is 1.36. The fourth-order valence-corrected chi connectivity index (χ4v) is 5.57. The van der Waals surface area contributed by atoms with Gasteiger partial charge in [0.25, 0.3) is 0 Å². The van der Waals surface area contributed by atoms with E-state index in [1.54, 1.807) is 0 Å². The Kier molecular flexibility index (Phi) is 7.10. The molecule has 0 atom stereocenters. The monoisotopic (exact) mass is 550 g/mol. The minimum absolute atomic E-state index is 0.0396. The van der Waals surface area contributed by atoms with Crippen LogP contribution in [0.1, 0.15) is 55.6 Å². The predicted octanol–water partition coefficient (Wildman–Crippen LogP) is 6.57. The number of urea groups is 1. The Bertz CT molecular complexity index is 1510. The molecule has 2 saturated carbocycles. The molecule has 2 heterocycles. The zero-order valence-corrected chi connectivity index (χ0v) is 22.9. The fourth-order valence-electron chi connectivity index (χ4n) is 5.57. The molecule has 2 amide bonds. The number of tetrazole rings is 1. The van der Waals surface area contributed by atoms with Crippen LogP contribution in [0.25, 0.3) is 22.5 Å². The Labute approximate surface area is 239 Å². The van der Waals surface area contributed by atoms with Crippen molar-refractivity contribution in [1.82, 2.24) is 20.6 Å². The molecule has 3 aromatic carbocycles. The summed E-state index contributed by atoms with van der Waals surface area (Å²) >= 11 is 0. The summed E-state index contributed by atoms with van der Waals surface area (Å²) < 4.78 is 12.3. The number of hydrogen-bond donors (Lipinski definition) is 3. The van der Waals surface area contributed by atoms with Gasteiger partial charge in [-0.1, -0.05) is 36.4 Å². The second kappa shape index (κ2) is 11.3. The van der Waals surface area contributed by atoms with Crippen molar-refractivity contribution in [2.75, 3.05) is 23.8 Å². The fraction of sp³-hybridized carbons (Fsp3) is 0.375. The maximum atomic E-state index is 13.4. The largest absolute Gasteiger partial charge is 0.488 e. The van der Waals surface area contributed by atoms with Gasteiger partial charge < -0.3 is 20.1 Å². The first kappa shape index (κ1) is 25.7. The number of carbonyl (C=O) groups is 1. The van der Waals surface area contributed by atoms with E-state index in [1.165, 1.54) is 31.2 Å². The van der Waals surface area contributed by atoms with Gasteiger partial charge in [0.05, 0.1) is 18.9 Å². The summed E-state index contributed by atoms with van der Waals surface area (Å²) in [6, 6.07) is 20.1. The van der Waals surface area contributed by atoms with Crippen molar-refractivity contribution in [2.24, 2.45) is 5.92 Å². The number of rotatable bonds is 9. The lowest BCUT2D eigenvalue weighted by Crippen LogP contribution is -2.27. The number of nitrogens with one attached hydrogen (secondary N) is 3. The lowest BCUT2D eigenvalue weighted by Gasteiger charge is -2.27. The maximum Gasteiger partial charge on any atom is 0.323 e. The van der Waals surface area contributed by atoms with E-state index < -0.39 is 0 Å². The first-order chi connectivity index (χ1) is 20.2. The van der Waals surface area contributed by atoms with Gasteiger partial charge in [-0.3, -0.25) is 0 Å². The van der Waals surface area contributed by atoms with E-state index in [4.69, 9.17) is 9.47 Å². The number of benzene rings is 3. The van der Waals surface area contributed by atoms with Crippen molar-refractivity contribution in [3.63, 3.8) is 0 Å². The number of aromatic amines is 1. The Morgan fingerprint density at radius 3 is 2.41 bits per heavy atom. The molecule has 1 saturated heterocycles. The van der Waals surface area contributed by atoms with Crippen molar-refractivity contribution in [1.29, 1.82) is 0 Å². The van der Waals surface area contributed by atoms with Crippen LogP contribution in [0.4, 0.5) is 16.2 Å². The molecule has 1 aromatic heterocycles. The average molecular weight is 551 g/mol. The molecule has 3 N–H and O–H groups in total. The zero-order valence-electron chi connectivity index (χ0n) is 22.9. The van der Waals surface area contributed by atoms with Gasteiger partial charge in [-0.05, 0) is 95.7 Å². The van der Waals surface area contributed by atoms with Crippen LogP contribution in [0.5, 0.6) is 5.75 Å². The van der Waals surface area contributed by atoms with Crippen LogP contribution >= 0.6 is 0 Å². The molecule has 9 nitrogen and oxygen atoms in total. The Morgan fingerprint density at radius 1 is 0.927 bits per heavy atom. The van der Waals surface area contributed by atoms with Crippen molar-refractivity contribution in [3.8, 4) is 28.3 Å². The number of amides is 2. The van der Waals surface area contributed by atoms with E-state index in [2.05, 4.69) is 49.5 Å². The summed E-state index contributed by atoms with van der Waals surface area (Å²) in [4.78, 5) is 13.4. The summed E-state index contributed by atoms with van der Waals surface area (Å²) in [5, 5.41) is 20.9. The molecule has 4 aromatic rings. The molecule has 2 aliphatic carbocycles. The number of ether oxygens (including phenoxy) is 2. The summed E-state index contributed by atoms with van der Waals surface area (Å²) in [5.41, 5.74) is 6.63. The summed E-state index contributed by atoms with van der Waals surface area (Å²) in [5.74, 6) is 2.57. The molecule has 0 bridgehead atoms. The van der Waals surface area contributed by atoms with Gasteiger partial charge in [-0.25, -0.2) is 4.79 Å². The van der Waals surface area contributed by atoms with Crippen LogP contribution in [0.3, 0.4) is 0 Å². The highest BCUT2D eigenvalue weighted by Gasteiger charge is 2.28. The zero-order chi connectivity index (χ0) is 27.6. The summed E-state index contributed by atoms with van der Waals surface area (Å²) in [7, 11) is 0. The van der Waals surface area contributed by atoms with Gasteiger partial charge in [0.1, 0.15) is 11.9 Å². The third kappa shape index (κ3) is 6.10. The second-order valence-electron chi connectivity index (χ2n) is 11.3. The van der Waals surface area contributed by atoms with Gasteiger partial charge >= 0.3 is 6.03 Å². The Morgan fingerprint density at radius 2 is 1.71 bits per heavy atom. The van der Waals surface area contributed by atoms with Gasteiger partial charge in [0, 0.05) is 24.1 Å². The van der Waals surface area contributed by atoms with Crippen LogP contribution in [-0.4, -0.2) is 46.0 Å². The molecule has 3 aliphatic rings. The molecule has 210 valence electrons. The second-order valence-corrected chi connectivity index (χ2v) is 11.3. The van der Waals surface area contributed by atoms with Crippen LogP contribution in [-0.2, 0) is 11.2 Å². The Hall–Kier alpha value is -4.24. The molecule has 0 unspecified atom stereocenters. The molecule has 3 fully saturated rings. The highest BCUT2D eigenvalue weighted by atomic mass is 16.5. The average Bonchev–Trinajstić information content (AvgIpc) is 3.94. The molecule has 9 heteroatoms. The van der Waals surface area contributed by atoms with Gasteiger partial charge in [0.2, 0.25) is 5.82 Å². The quantitative estimate of drug-likeness (QED) is 0.217. The number of carbonyl (C=O) groups excluding carboxylic acids is 1. The van der Waals surface area contributed by atoms with Crippen molar-refractivity contribution in [2.45, 2.75) is 57.0 Å². The van der Waals surface area contributed by atoms with E-state index in [0.29, 0.717) is 36.6 Å². The van der Waals surface area contributed by atoms with E-state index >= 15 is 0 Å². The third-order valence-corrected chi connectivity index (χ3v) is 8.11. The lowest BCUT2D eigenvalue weighted by molar-refractivity contribution is 0.0254. The van der Waals surface area contributed by atoms with Crippen molar-refractivity contribution in [3.05, 3.63) is 71.8 Å². The molecular formula is C32H34N6O3. The number of H-pyrrole nitrogens is 1. The number of aromatic nitrogens is 4. The number of anilines is 2. The van der Waals surface area contributed by atoms with E-state index in [1.807, 2.05) is 42.5 Å². The normalized spacial score (nSPS) is 17.3. The first-order valence-corrected chi connectivity index (χ1v) is 14.6. The Balaban J connectivity index is 1.25. The highest BCUT2D eigenvalue weighted by molar-refractivity contribution is 6.01. The first-order valence-electron chi connectivity index (χ1n) is 14.6. The lowest BCUT2D eigenvalue weighted by atomic mass is 9.94. The molecule has 1 aliphatic heterocycles. The standard InChI is InChI=1S/C32H34N6O3/c39-32(33-25-11-9-22(10-12-25)21-7-8-21)34-29-19-23(27-3-1-2-4-28(27)31-35-37-38-36-31)18-24(17-20-5-6-20)30(29)41-26-13-15-40-16-14-26/h1-4,9-12,18-21,26H,5-8,13-17H2,(H2,33,34,39)(H,35,36,37,38). The van der Waals surface area contributed by atoms with Gasteiger partial charge in [0.15, 0.2) is 0 Å². The van der Waals surface area contributed by atoms with Crippen LogP contribution in [0.15, 0.2) is 60.7 Å². The van der Waals surface area contributed by atoms with Crippen LogP contribution in [0, 0.1) is 5.92 Å². The minimum Gasteiger partial charge on any atom is -0.488 e. The molecule has 7 rings (SSSR count). The molecule has 0 spiro atoms. The van der Waals surface area contributed by atoms with Crippen LogP contribution in [0.2, 0.25) is 0 Å². The van der Waals surface area contributed by atoms with E-state index in [0.717, 1.165) is 53.0 Å².